The van der Waals surface area contributed by atoms with Gasteiger partial charge in [-0.15, -0.1) is 0 Å². The van der Waals surface area contributed by atoms with E-state index in [0.29, 0.717) is 6.42 Å². The van der Waals surface area contributed by atoms with Crippen molar-refractivity contribution in [2.45, 2.75) is 39.2 Å². The Morgan fingerprint density at radius 3 is 2.40 bits per heavy atom. The highest BCUT2D eigenvalue weighted by Gasteiger charge is 2.18. The van der Waals surface area contributed by atoms with E-state index in [0.717, 1.165) is 17.7 Å². The molecule has 0 aliphatic heterocycles. The van der Waals surface area contributed by atoms with Gasteiger partial charge in [0.25, 0.3) is 0 Å². The van der Waals surface area contributed by atoms with E-state index in [9.17, 15) is 9.59 Å². The Hall–Kier alpha value is -2.04. The maximum atomic E-state index is 12.1. The molecule has 0 bridgehead atoms. The molecule has 5 nitrogen and oxygen atoms in total. The van der Waals surface area contributed by atoms with Crippen molar-refractivity contribution in [3.05, 3.63) is 29.8 Å². The molecule has 0 aliphatic rings. The molecular formula is C15H22N2O3. The molecule has 5 heteroatoms. The molecule has 0 heterocycles. The average molecular weight is 278 g/mol. The Bertz CT molecular complexity index is 457. The molecule has 110 valence electrons. The van der Waals surface area contributed by atoms with Gasteiger partial charge in [0, 0.05) is 18.8 Å². The molecule has 1 rings (SSSR count). The minimum absolute atomic E-state index is 0.0542. The van der Waals surface area contributed by atoms with E-state index in [4.69, 9.17) is 5.11 Å². The van der Waals surface area contributed by atoms with E-state index >= 15 is 0 Å². The second-order valence-corrected chi connectivity index (χ2v) is 4.93. The smallest absolute Gasteiger partial charge is 0.321 e. The summed E-state index contributed by atoms with van der Waals surface area (Å²) in [6, 6.07) is 6.97. The van der Waals surface area contributed by atoms with E-state index in [1.54, 1.807) is 7.05 Å². The lowest BCUT2D eigenvalue weighted by molar-refractivity contribution is -0.137. The second kappa shape index (κ2) is 7.53. The average Bonchev–Trinajstić information content (AvgIpc) is 2.38. The summed E-state index contributed by atoms with van der Waals surface area (Å²) in [5, 5.41) is 11.6. The van der Waals surface area contributed by atoms with Crippen LogP contribution in [0.4, 0.5) is 10.5 Å². The molecule has 2 N–H and O–H groups in total. The maximum Gasteiger partial charge on any atom is 0.321 e. The van der Waals surface area contributed by atoms with E-state index in [2.05, 4.69) is 5.32 Å². The summed E-state index contributed by atoms with van der Waals surface area (Å²) in [6.45, 7) is 3.94. The highest BCUT2D eigenvalue weighted by Crippen LogP contribution is 2.14. The number of carboxylic acid groups (broad SMARTS) is 1. The molecule has 20 heavy (non-hydrogen) atoms. The van der Waals surface area contributed by atoms with Crippen LogP contribution < -0.4 is 10.2 Å². The normalized spacial score (nSPS) is 11.8. The van der Waals surface area contributed by atoms with Crippen LogP contribution >= 0.6 is 0 Å². The lowest BCUT2D eigenvalue weighted by Crippen LogP contribution is -2.44. The quantitative estimate of drug-likeness (QED) is 0.840. The van der Waals surface area contributed by atoms with Crippen LogP contribution in [0.1, 0.15) is 31.7 Å². The number of nitrogens with zero attached hydrogens (tertiary/aromatic N) is 1. The van der Waals surface area contributed by atoms with Crippen molar-refractivity contribution in [3.63, 3.8) is 0 Å². The first-order valence-corrected chi connectivity index (χ1v) is 6.76. The minimum atomic E-state index is -0.901. The number of amides is 2. The number of carbonyl (C=O) groups is 2. The number of anilines is 1. The molecule has 1 unspecified atom stereocenters. The van der Waals surface area contributed by atoms with E-state index in [1.807, 2.05) is 38.1 Å². The van der Waals surface area contributed by atoms with Crippen LogP contribution in [0.25, 0.3) is 0 Å². The standard InChI is InChI=1S/C15H22N2O3/c1-4-5-12(10-14(18)19)16-15(20)17(3)13-8-6-11(2)7-9-13/h6-9,12H,4-5,10H2,1-3H3,(H,16,20)(H,18,19). The molecule has 1 atom stereocenters. The van der Waals surface area contributed by atoms with Gasteiger partial charge in [-0.25, -0.2) is 4.79 Å². The number of carboxylic acids is 1. The topological polar surface area (TPSA) is 69.6 Å². The number of nitrogens with one attached hydrogen (secondary N) is 1. The van der Waals surface area contributed by atoms with Crippen molar-refractivity contribution in [2.75, 3.05) is 11.9 Å². The number of benzene rings is 1. The molecule has 1 aromatic carbocycles. The molecule has 0 saturated carbocycles. The summed E-state index contributed by atoms with van der Waals surface area (Å²) in [5.41, 5.74) is 1.90. The first-order chi connectivity index (χ1) is 9.43. The Morgan fingerprint density at radius 1 is 1.30 bits per heavy atom. The van der Waals surface area contributed by atoms with Crippen LogP contribution in [0.2, 0.25) is 0 Å². The van der Waals surface area contributed by atoms with Crippen LogP contribution in [-0.2, 0) is 4.79 Å². The zero-order valence-electron chi connectivity index (χ0n) is 12.2. The molecule has 0 aliphatic carbocycles. The Morgan fingerprint density at radius 2 is 1.90 bits per heavy atom. The van der Waals surface area contributed by atoms with Crippen molar-refractivity contribution < 1.29 is 14.7 Å². The molecule has 0 radical (unpaired) electrons. The summed E-state index contributed by atoms with van der Waals surface area (Å²) < 4.78 is 0. The summed E-state index contributed by atoms with van der Waals surface area (Å²) in [6.07, 6.45) is 1.42. The predicted molar refractivity (Wildman–Crippen MR) is 79.1 cm³/mol. The molecule has 0 saturated heterocycles. The third-order valence-electron chi connectivity index (χ3n) is 3.11. The summed E-state index contributed by atoms with van der Waals surface area (Å²) in [4.78, 5) is 24.4. The minimum Gasteiger partial charge on any atom is -0.481 e. The van der Waals surface area contributed by atoms with Gasteiger partial charge in [-0.2, -0.15) is 0 Å². The van der Waals surface area contributed by atoms with Crippen molar-refractivity contribution in [3.8, 4) is 0 Å². The highest BCUT2D eigenvalue weighted by molar-refractivity contribution is 5.91. The van der Waals surface area contributed by atoms with Crippen LogP contribution in [0.3, 0.4) is 0 Å². The van der Waals surface area contributed by atoms with Gasteiger partial charge in [-0.05, 0) is 25.5 Å². The summed E-state index contributed by atoms with van der Waals surface area (Å²) in [5.74, 6) is -0.901. The van der Waals surface area contributed by atoms with Gasteiger partial charge in [0.15, 0.2) is 0 Å². The number of urea groups is 1. The summed E-state index contributed by atoms with van der Waals surface area (Å²) >= 11 is 0. The lowest BCUT2D eigenvalue weighted by Gasteiger charge is -2.22. The Labute approximate surface area is 119 Å². The molecule has 2 amide bonds. The predicted octanol–water partition coefficient (Wildman–Crippen LogP) is 2.78. The first-order valence-electron chi connectivity index (χ1n) is 6.76. The first kappa shape index (κ1) is 16.0. The van der Waals surface area contributed by atoms with Gasteiger partial charge in [-0.1, -0.05) is 31.0 Å². The molecule has 0 spiro atoms. The van der Waals surface area contributed by atoms with Gasteiger partial charge >= 0.3 is 12.0 Å². The monoisotopic (exact) mass is 278 g/mol. The fourth-order valence-corrected chi connectivity index (χ4v) is 1.94. The second-order valence-electron chi connectivity index (χ2n) is 4.93. The zero-order chi connectivity index (χ0) is 15.1. The van der Waals surface area contributed by atoms with Crippen molar-refractivity contribution in [1.29, 1.82) is 0 Å². The van der Waals surface area contributed by atoms with Gasteiger partial charge in [0.2, 0.25) is 0 Å². The SMILES string of the molecule is CCCC(CC(=O)O)NC(=O)N(C)c1ccc(C)cc1. The number of aryl methyl sites for hydroxylation is 1. The van der Waals surface area contributed by atoms with Gasteiger partial charge in [0.1, 0.15) is 0 Å². The van der Waals surface area contributed by atoms with Crippen molar-refractivity contribution in [1.82, 2.24) is 5.32 Å². The lowest BCUT2D eigenvalue weighted by atomic mass is 10.1. The summed E-state index contributed by atoms with van der Waals surface area (Å²) in [7, 11) is 1.67. The van der Waals surface area contributed by atoms with Crippen molar-refractivity contribution in [2.24, 2.45) is 0 Å². The Balaban J connectivity index is 2.67. The molecular weight excluding hydrogens is 256 g/mol. The van der Waals surface area contributed by atoms with Crippen LogP contribution in [0.15, 0.2) is 24.3 Å². The fraction of sp³-hybridized carbons (Fsp3) is 0.467. The molecule has 0 aromatic heterocycles. The van der Waals surface area contributed by atoms with Crippen LogP contribution in [0, 0.1) is 6.92 Å². The van der Waals surface area contributed by atoms with Gasteiger partial charge in [-0.3, -0.25) is 9.69 Å². The van der Waals surface area contributed by atoms with E-state index < -0.39 is 5.97 Å². The molecule has 1 aromatic rings. The zero-order valence-corrected chi connectivity index (χ0v) is 12.2. The Kier molecular flexibility index (Phi) is 6.03. The maximum absolute atomic E-state index is 12.1. The number of aliphatic carboxylic acids is 1. The number of hydrogen-bond acceptors (Lipinski definition) is 2. The van der Waals surface area contributed by atoms with Crippen LogP contribution in [0.5, 0.6) is 0 Å². The van der Waals surface area contributed by atoms with Gasteiger partial charge < -0.3 is 10.4 Å². The van der Waals surface area contributed by atoms with E-state index in [1.165, 1.54) is 4.90 Å². The van der Waals surface area contributed by atoms with E-state index in [-0.39, 0.29) is 18.5 Å². The van der Waals surface area contributed by atoms with Crippen LogP contribution in [-0.4, -0.2) is 30.2 Å². The van der Waals surface area contributed by atoms with Crippen molar-refractivity contribution >= 4 is 17.7 Å². The third-order valence-corrected chi connectivity index (χ3v) is 3.11. The highest BCUT2D eigenvalue weighted by atomic mass is 16.4. The third kappa shape index (κ3) is 4.91. The number of rotatable bonds is 6. The number of carbonyl (C=O) groups excluding carboxylic acids is 1. The molecule has 0 fully saturated rings. The fourth-order valence-electron chi connectivity index (χ4n) is 1.94. The number of hydrogen-bond donors (Lipinski definition) is 2. The van der Waals surface area contributed by atoms with Gasteiger partial charge in [0.05, 0.1) is 6.42 Å². The largest absolute Gasteiger partial charge is 0.481 e.